The molecule has 1 fully saturated rings. The standard InChI is InChI=1S/C11H21N3O/c1-9-5-14(6-10(2)15-9)8-11(3,7-12)13-4/h9-10,13H,5-6,8H2,1-4H3/t9-,10+,11?. The molecule has 1 rings (SSSR count). The van der Waals surface area contributed by atoms with Gasteiger partial charge in [0, 0.05) is 19.6 Å². The molecule has 0 aromatic carbocycles. The van der Waals surface area contributed by atoms with Gasteiger partial charge in [0.1, 0.15) is 5.54 Å². The van der Waals surface area contributed by atoms with Crippen LogP contribution in [0.1, 0.15) is 20.8 Å². The second kappa shape index (κ2) is 4.93. The third-order valence-electron chi connectivity index (χ3n) is 2.83. The Kier molecular flexibility index (Phi) is 4.09. The molecule has 1 N–H and O–H groups in total. The van der Waals surface area contributed by atoms with Crippen LogP contribution in [-0.2, 0) is 4.74 Å². The van der Waals surface area contributed by atoms with Crippen LogP contribution >= 0.6 is 0 Å². The molecule has 0 aromatic rings. The molecule has 4 heteroatoms. The van der Waals surface area contributed by atoms with Crippen LogP contribution in [0.25, 0.3) is 0 Å². The van der Waals surface area contributed by atoms with E-state index in [1.807, 2.05) is 14.0 Å². The van der Waals surface area contributed by atoms with Gasteiger partial charge in [0.05, 0.1) is 18.3 Å². The minimum absolute atomic E-state index is 0.258. The minimum atomic E-state index is -0.462. The number of rotatable bonds is 3. The summed E-state index contributed by atoms with van der Waals surface area (Å²) in [6.45, 7) is 8.64. The molecule has 0 bridgehead atoms. The lowest BCUT2D eigenvalue weighted by Gasteiger charge is -2.38. The number of likely N-dealkylation sites (N-methyl/N-ethyl adjacent to an activating group) is 1. The van der Waals surface area contributed by atoms with Crippen LogP contribution in [0.15, 0.2) is 0 Å². The summed E-state index contributed by atoms with van der Waals surface area (Å²) >= 11 is 0. The monoisotopic (exact) mass is 211 g/mol. The van der Waals surface area contributed by atoms with Gasteiger partial charge in [-0.05, 0) is 27.8 Å². The zero-order valence-corrected chi connectivity index (χ0v) is 10.1. The molecule has 1 aliphatic rings. The highest BCUT2D eigenvalue weighted by atomic mass is 16.5. The fourth-order valence-corrected chi connectivity index (χ4v) is 2.03. The summed E-state index contributed by atoms with van der Waals surface area (Å²) in [6, 6.07) is 2.31. The van der Waals surface area contributed by atoms with Gasteiger partial charge in [0.2, 0.25) is 0 Å². The molecule has 0 saturated carbocycles. The first-order chi connectivity index (χ1) is 6.99. The van der Waals surface area contributed by atoms with Gasteiger partial charge in [0.25, 0.3) is 0 Å². The lowest BCUT2D eigenvalue weighted by molar-refractivity contribution is -0.0713. The lowest BCUT2D eigenvalue weighted by Crippen LogP contribution is -2.54. The Morgan fingerprint density at radius 2 is 2.00 bits per heavy atom. The van der Waals surface area contributed by atoms with Crippen LogP contribution in [0.5, 0.6) is 0 Å². The van der Waals surface area contributed by atoms with Crippen molar-refractivity contribution in [2.75, 3.05) is 26.7 Å². The molecule has 0 aromatic heterocycles. The molecule has 4 nitrogen and oxygen atoms in total. The van der Waals surface area contributed by atoms with Crippen molar-refractivity contribution in [3.8, 4) is 6.07 Å². The summed E-state index contributed by atoms with van der Waals surface area (Å²) in [5, 5.41) is 12.1. The van der Waals surface area contributed by atoms with Crippen molar-refractivity contribution >= 4 is 0 Å². The van der Waals surface area contributed by atoms with Gasteiger partial charge in [-0.25, -0.2) is 0 Å². The normalized spacial score (nSPS) is 31.9. The van der Waals surface area contributed by atoms with Gasteiger partial charge in [-0.3, -0.25) is 4.90 Å². The van der Waals surface area contributed by atoms with Crippen molar-refractivity contribution < 1.29 is 4.74 Å². The number of nitrogens with zero attached hydrogens (tertiary/aromatic N) is 2. The maximum atomic E-state index is 9.08. The van der Waals surface area contributed by atoms with E-state index in [1.54, 1.807) is 0 Å². The van der Waals surface area contributed by atoms with Crippen molar-refractivity contribution in [1.29, 1.82) is 5.26 Å². The molecular formula is C11H21N3O. The van der Waals surface area contributed by atoms with E-state index in [2.05, 4.69) is 30.1 Å². The molecule has 3 atom stereocenters. The highest BCUT2D eigenvalue weighted by molar-refractivity contribution is 5.05. The number of ether oxygens (including phenoxy) is 1. The SMILES string of the molecule is CNC(C)(C#N)CN1C[C@@H](C)O[C@@H](C)C1. The predicted octanol–water partition coefficient (Wildman–Crippen LogP) is 0.597. The fraction of sp³-hybridized carbons (Fsp3) is 0.909. The van der Waals surface area contributed by atoms with E-state index in [1.165, 1.54) is 0 Å². The highest BCUT2D eigenvalue weighted by Gasteiger charge is 2.29. The van der Waals surface area contributed by atoms with Gasteiger partial charge >= 0.3 is 0 Å². The van der Waals surface area contributed by atoms with Gasteiger partial charge in [-0.1, -0.05) is 0 Å². The van der Waals surface area contributed by atoms with Crippen LogP contribution in [0.2, 0.25) is 0 Å². The van der Waals surface area contributed by atoms with Crippen LogP contribution in [0, 0.1) is 11.3 Å². The van der Waals surface area contributed by atoms with Crippen LogP contribution < -0.4 is 5.32 Å². The average Bonchev–Trinajstić information content (AvgIpc) is 2.16. The first-order valence-electron chi connectivity index (χ1n) is 5.47. The molecular weight excluding hydrogens is 190 g/mol. The highest BCUT2D eigenvalue weighted by Crippen LogP contribution is 2.13. The van der Waals surface area contributed by atoms with E-state index in [-0.39, 0.29) is 12.2 Å². The van der Waals surface area contributed by atoms with E-state index in [0.717, 1.165) is 19.6 Å². The van der Waals surface area contributed by atoms with E-state index in [9.17, 15) is 0 Å². The van der Waals surface area contributed by atoms with E-state index < -0.39 is 5.54 Å². The molecule has 0 aliphatic carbocycles. The van der Waals surface area contributed by atoms with Crippen LogP contribution in [-0.4, -0.2) is 49.3 Å². The van der Waals surface area contributed by atoms with Crippen LogP contribution in [0.3, 0.4) is 0 Å². The lowest BCUT2D eigenvalue weighted by atomic mass is 10.0. The third-order valence-corrected chi connectivity index (χ3v) is 2.83. The summed E-state index contributed by atoms with van der Waals surface area (Å²) in [5.74, 6) is 0. The Morgan fingerprint density at radius 3 is 2.40 bits per heavy atom. The zero-order chi connectivity index (χ0) is 11.5. The van der Waals surface area contributed by atoms with E-state index in [0.29, 0.717) is 0 Å². The molecule has 0 amide bonds. The first-order valence-corrected chi connectivity index (χ1v) is 5.47. The Morgan fingerprint density at radius 1 is 1.47 bits per heavy atom. The Hall–Kier alpha value is -0.630. The molecule has 15 heavy (non-hydrogen) atoms. The second-order valence-corrected chi connectivity index (χ2v) is 4.65. The Balaban J connectivity index is 2.54. The van der Waals surface area contributed by atoms with Crippen molar-refractivity contribution in [3.63, 3.8) is 0 Å². The summed E-state index contributed by atoms with van der Waals surface area (Å²) in [7, 11) is 1.83. The third kappa shape index (κ3) is 3.45. The quantitative estimate of drug-likeness (QED) is 0.742. The van der Waals surface area contributed by atoms with Crippen molar-refractivity contribution in [3.05, 3.63) is 0 Å². The maximum absolute atomic E-state index is 9.08. The Labute approximate surface area is 92.2 Å². The van der Waals surface area contributed by atoms with Gasteiger partial charge in [0.15, 0.2) is 0 Å². The number of hydrogen-bond acceptors (Lipinski definition) is 4. The number of nitrogens with one attached hydrogen (secondary N) is 1. The number of hydrogen-bond donors (Lipinski definition) is 1. The van der Waals surface area contributed by atoms with Crippen molar-refractivity contribution in [2.45, 2.75) is 38.5 Å². The predicted molar refractivity (Wildman–Crippen MR) is 59.5 cm³/mol. The van der Waals surface area contributed by atoms with Crippen molar-refractivity contribution in [1.82, 2.24) is 10.2 Å². The molecule has 1 aliphatic heterocycles. The molecule has 0 spiro atoms. The number of morpholine rings is 1. The molecule has 1 saturated heterocycles. The minimum Gasteiger partial charge on any atom is -0.373 e. The fourth-order valence-electron chi connectivity index (χ4n) is 2.03. The summed E-state index contributed by atoms with van der Waals surface area (Å²) < 4.78 is 5.65. The van der Waals surface area contributed by atoms with Gasteiger partial charge < -0.3 is 10.1 Å². The smallest absolute Gasteiger partial charge is 0.116 e. The molecule has 86 valence electrons. The summed E-state index contributed by atoms with van der Waals surface area (Å²) in [5.41, 5.74) is -0.462. The van der Waals surface area contributed by atoms with Crippen molar-refractivity contribution in [2.24, 2.45) is 0 Å². The van der Waals surface area contributed by atoms with E-state index in [4.69, 9.17) is 10.00 Å². The van der Waals surface area contributed by atoms with Gasteiger partial charge in [-0.2, -0.15) is 5.26 Å². The Bertz CT molecular complexity index is 241. The molecule has 0 radical (unpaired) electrons. The first kappa shape index (κ1) is 12.4. The zero-order valence-electron chi connectivity index (χ0n) is 10.1. The number of nitriles is 1. The second-order valence-electron chi connectivity index (χ2n) is 4.65. The topological polar surface area (TPSA) is 48.3 Å². The summed E-state index contributed by atoms with van der Waals surface area (Å²) in [4.78, 5) is 2.29. The summed E-state index contributed by atoms with van der Waals surface area (Å²) in [6.07, 6.45) is 0.516. The molecule has 1 unspecified atom stereocenters. The van der Waals surface area contributed by atoms with E-state index >= 15 is 0 Å². The average molecular weight is 211 g/mol. The largest absolute Gasteiger partial charge is 0.373 e. The molecule has 1 heterocycles. The maximum Gasteiger partial charge on any atom is 0.116 e. The van der Waals surface area contributed by atoms with Gasteiger partial charge in [-0.15, -0.1) is 0 Å². The van der Waals surface area contributed by atoms with Crippen LogP contribution in [0.4, 0.5) is 0 Å².